The second-order valence-corrected chi connectivity index (χ2v) is 6.35. The maximum absolute atomic E-state index is 12.2. The molecule has 2 N–H and O–H groups in total. The summed E-state index contributed by atoms with van der Waals surface area (Å²) < 4.78 is 11.2. The zero-order chi connectivity index (χ0) is 15.5. The lowest BCUT2D eigenvalue weighted by Gasteiger charge is -2.28. The van der Waals surface area contributed by atoms with E-state index in [9.17, 15) is 4.79 Å². The molecule has 21 heavy (non-hydrogen) atoms. The van der Waals surface area contributed by atoms with E-state index in [1.807, 2.05) is 39.0 Å². The van der Waals surface area contributed by atoms with Crippen LogP contribution in [-0.4, -0.2) is 35.8 Å². The van der Waals surface area contributed by atoms with Gasteiger partial charge in [-0.2, -0.15) is 0 Å². The highest BCUT2D eigenvalue weighted by atomic mass is 16.6. The van der Waals surface area contributed by atoms with Crippen LogP contribution in [0.3, 0.4) is 0 Å². The van der Waals surface area contributed by atoms with Gasteiger partial charge in [0.15, 0.2) is 0 Å². The third-order valence-electron chi connectivity index (χ3n) is 3.31. The minimum atomic E-state index is -0.473. The largest absolute Gasteiger partial charge is 0.491 e. The molecule has 0 saturated carbocycles. The van der Waals surface area contributed by atoms with Gasteiger partial charge in [-0.1, -0.05) is 6.07 Å². The van der Waals surface area contributed by atoms with Crippen LogP contribution in [0.25, 0.3) is 0 Å². The molecule has 5 heteroatoms. The Morgan fingerprint density at radius 2 is 2.19 bits per heavy atom. The molecule has 1 fully saturated rings. The highest BCUT2D eigenvalue weighted by Gasteiger charge is 2.32. The molecule has 1 aliphatic heterocycles. The van der Waals surface area contributed by atoms with E-state index in [2.05, 4.69) is 0 Å². The average molecular weight is 292 g/mol. The summed E-state index contributed by atoms with van der Waals surface area (Å²) in [6, 6.07) is 7.37. The van der Waals surface area contributed by atoms with E-state index in [1.165, 1.54) is 0 Å². The molecule has 1 aromatic rings. The Morgan fingerprint density at radius 3 is 2.86 bits per heavy atom. The summed E-state index contributed by atoms with van der Waals surface area (Å²) in [7, 11) is 0. The number of rotatable bonds is 3. The number of nitrogen functional groups attached to an aromatic ring is 1. The number of anilines is 1. The van der Waals surface area contributed by atoms with Crippen molar-refractivity contribution in [2.45, 2.75) is 45.3 Å². The Kier molecular flexibility index (Phi) is 4.60. The van der Waals surface area contributed by atoms with Gasteiger partial charge in [0.25, 0.3) is 0 Å². The fourth-order valence-electron chi connectivity index (χ4n) is 2.37. The molecule has 0 unspecified atom stereocenters. The molecule has 1 heterocycles. The molecule has 1 aromatic carbocycles. The quantitative estimate of drug-likeness (QED) is 0.870. The SMILES string of the molecule is CC(C)(C)OC(=O)N1CCC[C@@H]1COc1cccc(N)c1. The summed E-state index contributed by atoms with van der Waals surface area (Å²) in [6.45, 7) is 6.81. The Balaban J connectivity index is 1.91. The highest BCUT2D eigenvalue weighted by molar-refractivity contribution is 5.69. The number of hydrogen-bond donors (Lipinski definition) is 1. The summed E-state index contributed by atoms with van der Waals surface area (Å²) in [5, 5.41) is 0. The minimum Gasteiger partial charge on any atom is -0.491 e. The molecular formula is C16H24N2O3. The first-order valence-corrected chi connectivity index (χ1v) is 7.33. The van der Waals surface area contributed by atoms with Crippen LogP contribution in [0.1, 0.15) is 33.6 Å². The second-order valence-electron chi connectivity index (χ2n) is 6.35. The molecule has 0 bridgehead atoms. The molecule has 1 amide bonds. The molecule has 0 spiro atoms. The lowest BCUT2D eigenvalue weighted by atomic mass is 10.2. The van der Waals surface area contributed by atoms with Crippen LogP contribution in [0, 0.1) is 0 Å². The average Bonchev–Trinajstić information content (AvgIpc) is 2.83. The number of ether oxygens (including phenoxy) is 2. The topological polar surface area (TPSA) is 64.8 Å². The molecule has 0 aromatic heterocycles. The first kappa shape index (κ1) is 15.5. The predicted molar refractivity (Wildman–Crippen MR) is 82.3 cm³/mol. The predicted octanol–water partition coefficient (Wildman–Crippen LogP) is 3.05. The molecule has 0 aliphatic carbocycles. The van der Waals surface area contributed by atoms with Gasteiger partial charge in [0.2, 0.25) is 0 Å². The lowest BCUT2D eigenvalue weighted by Crippen LogP contribution is -2.42. The minimum absolute atomic E-state index is 0.0567. The monoisotopic (exact) mass is 292 g/mol. The first-order chi connectivity index (χ1) is 9.85. The van der Waals surface area contributed by atoms with Crippen molar-refractivity contribution < 1.29 is 14.3 Å². The summed E-state index contributed by atoms with van der Waals surface area (Å²) in [5.41, 5.74) is 5.92. The zero-order valence-corrected chi connectivity index (χ0v) is 13.0. The molecule has 2 rings (SSSR count). The molecule has 1 saturated heterocycles. The number of nitrogens with two attached hydrogens (primary N) is 1. The van der Waals surface area contributed by atoms with E-state index in [0.29, 0.717) is 12.3 Å². The van der Waals surface area contributed by atoms with Gasteiger partial charge in [0.1, 0.15) is 18.0 Å². The third-order valence-corrected chi connectivity index (χ3v) is 3.31. The number of carbonyl (C=O) groups excluding carboxylic acids is 1. The number of benzene rings is 1. The van der Waals surface area contributed by atoms with Crippen molar-refractivity contribution >= 4 is 11.8 Å². The first-order valence-electron chi connectivity index (χ1n) is 7.33. The molecule has 1 aliphatic rings. The van der Waals surface area contributed by atoms with E-state index >= 15 is 0 Å². The molecule has 116 valence electrons. The van der Waals surface area contributed by atoms with Gasteiger partial charge in [0, 0.05) is 18.3 Å². The van der Waals surface area contributed by atoms with Crippen LogP contribution in [-0.2, 0) is 4.74 Å². The third kappa shape index (κ3) is 4.55. The van der Waals surface area contributed by atoms with Gasteiger partial charge >= 0.3 is 6.09 Å². The maximum Gasteiger partial charge on any atom is 0.410 e. The second kappa shape index (κ2) is 6.24. The Morgan fingerprint density at radius 1 is 1.43 bits per heavy atom. The Hall–Kier alpha value is -1.91. The highest BCUT2D eigenvalue weighted by Crippen LogP contribution is 2.22. The number of amides is 1. The van der Waals surface area contributed by atoms with Gasteiger partial charge < -0.3 is 20.1 Å². The fraction of sp³-hybridized carbons (Fsp3) is 0.562. The van der Waals surface area contributed by atoms with Gasteiger partial charge in [-0.05, 0) is 45.7 Å². The number of likely N-dealkylation sites (tertiary alicyclic amines) is 1. The van der Waals surface area contributed by atoms with Crippen molar-refractivity contribution in [3.63, 3.8) is 0 Å². The Bertz CT molecular complexity index is 497. The molecule has 5 nitrogen and oxygen atoms in total. The smallest absolute Gasteiger partial charge is 0.410 e. The van der Waals surface area contributed by atoms with Crippen molar-refractivity contribution in [1.82, 2.24) is 4.90 Å². The van der Waals surface area contributed by atoms with Crippen molar-refractivity contribution in [2.24, 2.45) is 0 Å². The van der Waals surface area contributed by atoms with Crippen LogP contribution in [0.5, 0.6) is 5.75 Å². The van der Waals surface area contributed by atoms with Crippen LogP contribution in [0.4, 0.5) is 10.5 Å². The van der Waals surface area contributed by atoms with E-state index < -0.39 is 5.60 Å². The molecule has 1 atom stereocenters. The van der Waals surface area contributed by atoms with Crippen LogP contribution in [0.15, 0.2) is 24.3 Å². The van der Waals surface area contributed by atoms with Gasteiger partial charge in [-0.25, -0.2) is 4.79 Å². The fourth-order valence-corrected chi connectivity index (χ4v) is 2.37. The number of carbonyl (C=O) groups is 1. The summed E-state index contributed by atoms with van der Waals surface area (Å²) in [4.78, 5) is 13.9. The number of nitrogens with zero attached hydrogens (tertiary/aromatic N) is 1. The van der Waals surface area contributed by atoms with Crippen molar-refractivity contribution in [3.8, 4) is 5.75 Å². The van der Waals surface area contributed by atoms with Crippen molar-refractivity contribution in [1.29, 1.82) is 0 Å². The normalized spacial score (nSPS) is 18.6. The van der Waals surface area contributed by atoms with Crippen LogP contribution < -0.4 is 10.5 Å². The van der Waals surface area contributed by atoms with Crippen molar-refractivity contribution in [3.05, 3.63) is 24.3 Å². The zero-order valence-electron chi connectivity index (χ0n) is 13.0. The van der Waals surface area contributed by atoms with E-state index in [-0.39, 0.29) is 12.1 Å². The summed E-state index contributed by atoms with van der Waals surface area (Å²) >= 11 is 0. The standard InChI is InChI=1S/C16H24N2O3/c1-16(2,3)21-15(19)18-9-5-7-13(18)11-20-14-8-4-6-12(17)10-14/h4,6,8,10,13H,5,7,9,11,17H2,1-3H3/t13-/m1/s1. The molecular weight excluding hydrogens is 268 g/mol. The van der Waals surface area contributed by atoms with Crippen LogP contribution in [0.2, 0.25) is 0 Å². The number of hydrogen-bond acceptors (Lipinski definition) is 4. The summed E-state index contributed by atoms with van der Waals surface area (Å²) in [5.74, 6) is 0.728. The Labute approximate surface area is 126 Å². The van der Waals surface area contributed by atoms with Gasteiger partial charge in [-0.15, -0.1) is 0 Å². The lowest BCUT2D eigenvalue weighted by molar-refractivity contribution is 0.0187. The van der Waals surface area contributed by atoms with Gasteiger partial charge in [-0.3, -0.25) is 0 Å². The van der Waals surface area contributed by atoms with Crippen LogP contribution >= 0.6 is 0 Å². The summed E-state index contributed by atoms with van der Waals surface area (Å²) in [6.07, 6.45) is 1.65. The maximum atomic E-state index is 12.2. The van der Waals surface area contributed by atoms with Gasteiger partial charge in [0.05, 0.1) is 6.04 Å². The molecule has 0 radical (unpaired) electrons. The van der Waals surface area contributed by atoms with E-state index in [1.54, 1.807) is 11.0 Å². The van der Waals surface area contributed by atoms with Crippen molar-refractivity contribution in [2.75, 3.05) is 18.9 Å². The van der Waals surface area contributed by atoms with E-state index in [0.717, 1.165) is 25.1 Å². The van der Waals surface area contributed by atoms with E-state index in [4.69, 9.17) is 15.2 Å².